The van der Waals surface area contributed by atoms with Crippen molar-refractivity contribution in [3.8, 4) is 0 Å². The summed E-state index contributed by atoms with van der Waals surface area (Å²) in [5.74, 6) is 0. The number of nitrogens with two attached hydrogens (primary N) is 1. The predicted molar refractivity (Wildman–Crippen MR) is 90.6 cm³/mol. The second kappa shape index (κ2) is 6.47. The van der Waals surface area contributed by atoms with Crippen LogP contribution in [0.2, 0.25) is 0 Å². The molecular formula is C18H31N3. The van der Waals surface area contributed by atoms with Gasteiger partial charge in [0.15, 0.2) is 0 Å². The molecule has 1 aliphatic heterocycles. The third kappa shape index (κ3) is 4.29. The van der Waals surface area contributed by atoms with Crippen LogP contribution < -0.4 is 5.73 Å². The Bertz CT molecular complexity index is 447. The van der Waals surface area contributed by atoms with Crippen LogP contribution in [0.4, 0.5) is 0 Å². The van der Waals surface area contributed by atoms with E-state index in [9.17, 15) is 0 Å². The van der Waals surface area contributed by atoms with Crippen LogP contribution in [0.15, 0.2) is 24.3 Å². The van der Waals surface area contributed by atoms with Gasteiger partial charge in [0.1, 0.15) is 0 Å². The Balaban J connectivity index is 1.98. The van der Waals surface area contributed by atoms with E-state index in [0.29, 0.717) is 6.04 Å². The van der Waals surface area contributed by atoms with E-state index in [1.54, 1.807) is 0 Å². The van der Waals surface area contributed by atoms with Gasteiger partial charge in [-0.1, -0.05) is 45.0 Å². The summed E-state index contributed by atoms with van der Waals surface area (Å²) in [5.41, 5.74) is 9.24. The maximum Gasteiger partial charge on any atom is 0.0424 e. The number of rotatable bonds is 3. The molecule has 3 heteroatoms. The summed E-state index contributed by atoms with van der Waals surface area (Å²) in [5, 5.41) is 0. The van der Waals surface area contributed by atoms with Crippen molar-refractivity contribution in [2.75, 3.05) is 33.2 Å². The van der Waals surface area contributed by atoms with Gasteiger partial charge in [-0.3, -0.25) is 4.90 Å². The van der Waals surface area contributed by atoms with Gasteiger partial charge in [-0.2, -0.15) is 0 Å². The number of nitrogens with zero attached hydrogens (tertiary/aromatic N) is 2. The van der Waals surface area contributed by atoms with Gasteiger partial charge in [0.25, 0.3) is 0 Å². The maximum atomic E-state index is 6.43. The molecule has 1 aromatic carbocycles. The molecule has 0 aliphatic carbocycles. The van der Waals surface area contributed by atoms with E-state index in [-0.39, 0.29) is 11.5 Å². The Kier molecular flexibility index (Phi) is 5.07. The van der Waals surface area contributed by atoms with Crippen LogP contribution in [0.5, 0.6) is 0 Å². The highest BCUT2D eigenvalue weighted by atomic mass is 15.3. The first-order valence-corrected chi connectivity index (χ1v) is 8.06. The molecule has 118 valence electrons. The zero-order valence-corrected chi connectivity index (χ0v) is 14.3. The van der Waals surface area contributed by atoms with Crippen LogP contribution in [0.25, 0.3) is 0 Å². The minimum atomic E-state index is 0.102. The number of piperazine rings is 1. The van der Waals surface area contributed by atoms with Gasteiger partial charge < -0.3 is 10.6 Å². The summed E-state index contributed by atoms with van der Waals surface area (Å²) in [4.78, 5) is 4.91. The molecule has 21 heavy (non-hydrogen) atoms. The Morgan fingerprint density at radius 2 is 1.81 bits per heavy atom. The Morgan fingerprint density at radius 1 is 1.19 bits per heavy atom. The van der Waals surface area contributed by atoms with Gasteiger partial charge in [0, 0.05) is 38.3 Å². The zero-order valence-electron chi connectivity index (χ0n) is 14.3. The molecule has 3 nitrogen and oxygen atoms in total. The second-order valence-corrected chi connectivity index (χ2v) is 7.58. The van der Waals surface area contributed by atoms with Crippen molar-refractivity contribution < 1.29 is 0 Å². The highest BCUT2D eigenvalue weighted by molar-refractivity contribution is 5.29. The van der Waals surface area contributed by atoms with Gasteiger partial charge >= 0.3 is 0 Å². The Hall–Kier alpha value is -0.900. The topological polar surface area (TPSA) is 32.5 Å². The highest BCUT2D eigenvalue weighted by Gasteiger charge is 2.23. The average molecular weight is 289 g/mol. The third-order valence-corrected chi connectivity index (χ3v) is 4.60. The van der Waals surface area contributed by atoms with E-state index < -0.39 is 0 Å². The molecule has 1 saturated heterocycles. The highest BCUT2D eigenvalue weighted by Crippen LogP contribution is 2.24. The molecule has 2 atom stereocenters. The SMILES string of the molecule is CC1CN(C)CCN1CC(N)c1ccc(C(C)(C)C)cc1. The van der Waals surface area contributed by atoms with Crippen LogP contribution in [-0.2, 0) is 5.41 Å². The summed E-state index contributed by atoms with van der Waals surface area (Å²) in [6.07, 6.45) is 0. The minimum Gasteiger partial charge on any atom is -0.323 e. The molecule has 2 rings (SSSR count). The lowest BCUT2D eigenvalue weighted by atomic mass is 9.86. The van der Waals surface area contributed by atoms with Gasteiger partial charge in [-0.15, -0.1) is 0 Å². The molecule has 0 aromatic heterocycles. The summed E-state index contributed by atoms with van der Waals surface area (Å²) >= 11 is 0. The van der Waals surface area contributed by atoms with Crippen LogP contribution in [0.3, 0.4) is 0 Å². The Morgan fingerprint density at radius 3 is 2.33 bits per heavy atom. The average Bonchev–Trinajstić information content (AvgIpc) is 2.41. The largest absolute Gasteiger partial charge is 0.323 e. The van der Waals surface area contributed by atoms with E-state index in [1.165, 1.54) is 11.1 Å². The molecule has 2 N–H and O–H groups in total. The normalized spacial score (nSPS) is 23.2. The van der Waals surface area contributed by atoms with Crippen LogP contribution >= 0.6 is 0 Å². The first kappa shape index (κ1) is 16.5. The smallest absolute Gasteiger partial charge is 0.0424 e. The first-order valence-electron chi connectivity index (χ1n) is 8.06. The minimum absolute atomic E-state index is 0.102. The molecule has 1 aromatic rings. The number of hydrogen-bond donors (Lipinski definition) is 1. The van der Waals surface area contributed by atoms with Gasteiger partial charge in [0.2, 0.25) is 0 Å². The lowest BCUT2D eigenvalue weighted by molar-refractivity contribution is 0.0945. The molecule has 0 radical (unpaired) electrons. The van der Waals surface area contributed by atoms with E-state index in [4.69, 9.17) is 5.73 Å². The van der Waals surface area contributed by atoms with Crippen molar-refractivity contribution in [1.82, 2.24) is 9.80 Å². The summed E-state index contributed by atoms with van der Waals surface area (Å²) in [6.45, 7) is 13.4. The molecule has 1 fully saturated rings. The molecule has 2 unspecified atom stereocenters. The van der Waals surface area contributed by atoms with Crippen molar-refractivity contribution in [2.24, 2.45) is 5.73 Å². The number of benzene rings is 1. The van der Waals surface area contributed by atoms with E-state index in [1.807, 2.05) is 0 Å². The number of hydrogen-bond acceptors (Lipinski definition) is 3. The van der Waals surface area contributed by atoms with Crippen molar-refractivity contribution in [2.45, 2.75) is 45.2 Å². The van der Waals surface area contributed by atoms with E-state index >= 15 is 0 Å². The molecule has 1 heterocycles. The third-order valence-electron chi connectivity index (χ3n) is 4.60. The fourth-order valence-electron chi connectivity index (χ4n) is 3.04. The second-order valence-electron chi connectivity index (χ2n) is 7.58. The van der Waals surface area contributed by atoms with Crippen molar-refractivity contribution in [3.05, 3.63) is 35.4 Å². The van der Waals surface area contributed by atoms with E-state index in [2.05, 4.69) is 68.8 Å². The van der Waals surface area contributed by atoms with Crippen molar-refractivity contribution >= 4 is 0 Å². The Labute approximate surface area is 130 Å². The first-order chi connectivity index (χ1) is 9.77. The summed E-state index contributed by atoms with van der Waals surface area (Å²) in [7, 11) is 2.19. The monoisotopic (exact) mass is 289 g/mol. The van der Waals surface area contributed by atoms with Crippen LogP contribution in [-0.4, -0.2) is 49.1 Å². The van der Waals surface area contributed by atoms with Crippen molar-refractivity contribution in [1.29, 1.82) is 0 Å². The fraction of sp³-hybridized carbons (Fsp3) is 0.667. The van der Waals surface area contributed by atoms with Gasteiger partial charge in [-0.25, -0.2) is 0 Å². The van der Waals surface area contributed by atoms with Gasteiger partial charge in [0.05, 0.1) is 0 Å². The molecule has 0 amide bonds. The van der Waals surface area contributed by atoms with Crippen molar-refractivity contribution in [3.63, 3.8) is 0 Å². The molecule has 0 spiro atoms. The van der Waals surface area contributed by atoms with Crippen LogP contribution in [0, 0.1) is 0 Å². The van der Waals surface area contributed by atoms with E-state index in [0.717, 1.165) is 26.2 Å². The number of likely N-dealkylation sites (N-methyl/N-ethyl adjacent to an activating group) is 1. The quantitative estimate of drug-likeness (QED) is 0.928. The lowest BCUT2D eigenvalue weighted by Crippen LogP contribution is -2.52. The zero-order chi connectivity index (χ0) is 15.6. The summed E-state index contributed by atoms with van der Waals surface area (Å²) < 4.78 is 0. The lowest BCUT2D eigenvalue weighted by Gasteiger charge is -2.39. The molecule has 1 aliphatic rings. The molecule has 0 saturated carbocycles. The van der Waals surface area contributed by atoms with Crippen LogP contribution in [0.1, 0.15) is 44.9 Å². The fourth-order valence-corrected chi connectivity index (χ4v) is 3.04. The molecular weight excluding hydrogens is 258 g/mol. The maximum absolute atomic E-state index is 6.43. The van der Waals surface area contributed by atoms with Gasteiger partial charge in [-0.05, 0) is 30.5 Å². The summed E-state index contributed by atoms with van der Waals surface area (Å²) in [6, 6.07) is 9.54. The standard InChI is InChI=1S/C18H31N3/c1-14-12-20(5)10-11-21(14)13-17(19)15-6-8-16(9-7-15)18(2,3)4/h6-9,14,17H,10-13,19H2,1-5H3. The predicted octanol–water partition coefficient (Wildman–Crippen LogP) is 2.62. The molecule has 0 bridgehead atoms.